The first-order valence-electron chi connectivity index (χ1n) is 14.1. The number of carbonyl (C=O) groups is 5. The molecule has 1 aliphatic carbocycles. The van der Waals surface area contributed by atoms with Crippen molar-refractivity contribution in [1.29, 1.82) is 0 Å². The van der Waals surface area contributed by atoms with Crippen LogP contribution >= 0.6 is 0 Å². The van der Waals surface area contributed by atoms with Crippen LogP contribution in [-0.2, 0) is 33.4 Å². The third-order valence-electron chi connectivity index (χ3n) is 7.48. The van der Waals surface area contributed by atoms with Crippen LogP contribution in [0.3, 0.4) is 0 Å². The number of rotatable bonds is 8. The van der Waals surface area contributed by atoms with Crippen LogP contribution in [0.25, 0.3) is 0 Å². The number of esters is 4. The first-order chi connectivity index (χ1) is 20.4. The Bertz CT molecular complexity index is 1390. The second-order valence-corrected chi connectivity index (χ2v) is 11.3. The van der Waals surface area contributed by atoms with Gasteiger partial charge < -0.3 is 29.0 Å². The molecule has 1 aromatic carbocycles. The minimum atomic E-state index is -1.45. The van der Waals surface area contributed by atoms with Crippen molar-refractivity contribution in [3.8, 4) is 11.5 Å². The topological polar surface area (TPSA) is 156 Å². The third-order valence-corrected chi connectivity index (χ3v) is 7.48. The molecule has 5 atom stereocenters. The first-order valence-corrected chi connectivity index (χ1v) is 14.1. The van der Waals surface area contributed by atoms with Gasteiger partial charge in [0.25, 0.3) is 5.91 Å². The fraction of sp³-hybridized carbons (Fsp3) is 0.484. The minimum Gasteiger partial charge on any atom is -0.493 e. The van der Waals surface area contributed by atoms with Gasteiger partial charge in [0.15, 0.2) is 23.6 Å². The highest BCUT2D eigenvalue weighted by Gasteiger charge is 2.70. The molecule has 0 bridgehead atoms. The van der Waals surface area contributed by atoms with Crippen molar-refractivity contribution in [2.45, 2.75) is 65.2 Å². The lowest BCUT2D eigenvalue weighted by Crippen LogP contribution is -2.47. The Morgan fingerprint density at radius 3 is 2.33 bits per heavy atom. The van der Waals surface area contributed by atoms with Crippen LogP contribution in [0, 0.1) is 17.3 Å². The largest absolute Gasteiger partial charge is 0.493 e. The summed E-state index contributed by atoms with van der Waals surface area (Å²) in [6, 6.07) is 9.22. The number of carbonyl (C=O) groups excluding carboxylic acids is 5. The van der Waals surface area contributed by atoms with E-state index in [9.17, 15) is 24.0 Å². The van der Waals surface area contributed by atoms with E-state index in [4.69, 9.17) is 23.7 Å². The van der Waals surface area contributed by atoms with Crippen LogP contribution in [0.15, 0.2) is 42.6 Å². The van der Waals surface area contributed by atoms with Gasteiger partial charge in [-0.05, 0) is 18.9 Å². The van der Waals surface area contributed by atoms with E-state index in [1.54, 1.807) is 27.7 Å². The fourth-order valence-electron chi connectivity index (χ4n) is 5.00. The third kappa shape index (κ3) is 6.47. The number of methoxy groups -OCH3 is 1. The highest BCUT2D eigenvalue weighted by Crippen LogP contribution is 2.64. The monoisotopic (exact) mass is 596 g/mol. The van der Waals surface area contributed by atoms with Gasteiger partial charge in [0, 0.05) is 18.2 Å². The molecule has 1 saturated carbocycles. The predicted octanol–water partition coefficient (Wildman–Crippen LogP) is 2.98. The molecule has 230 valence electrons. The van der Waals surface area contributed by atoms with Gasteiger partial charge in [-0.15, -0.1) is 0 Å². The molecule has 12 nitrogen and oxygen atoms in total. The Hall–Kier alpha value is -4.48. The summed E-state index contributed by atoms with van der Waals surface area (Å²) in [5, 5.41) is 2.47. The smallest absolute Gasteiger partial charge is 0.332 e. The Balaban J connectivity index is 1.63. The SMILES string of the molecule is COc1ccnc(C(=O)N[C@H]2COC(=O)[C@@]3(C[C@H]3c3ccccc3)[C@@H](OC(=O)C(C)C)[C@H](C)OC2=O)c1OC(=O)C(C)C. The molecule has 2 heterocycles. The van der Waals surface area contributed by atoms with E-state index in [0.717, 1.165) is 5.56 Å². The average molecular weight is 597 g/mol. The van der Waals surface area contributed by atoms with Crippen LogP contribution in [0.5, 0.6) is 11.5 Å². The number of benzene rings is 1. The number of hydrogen-bond acceptors (Lipinski definition) is 11. The van der Waals surface area contributed by atoms with Crippen LogP contribution in [0.4, 0.5) is 0 Å². The number of nitrogens with zero attached hydrogens (tertiary/aromatic N) is 1. The minimum absolute atomic E-state index is 0.0729. The molecule has 1 saturated heterocycles. The molecule has 1 amide bonds. The maximum absolute atomic E-state index is 13.7. The van der Waals surface area contributed by atoms with Gasteiger partial charge in [-0.25, -0.2) is 9.78 Å². The van der Waals surface area contributed by atoms with E-state index in [2.05, 4.69) is 10.3 Å². The number of aromatic nitrogens is 1. The lowest BCUT2D eigenvalue weighted by Gasteiger charge is -2.30. The summed E-state index contributed by atoms with van der Waals surface area (Å²) in [7, 11) is 1.33. The Morgan fingerprint density at radius 2 is 1.70 bits per heavy atom. The molecule has 0 radical (unpaired) electrons. The molecular weight excluding hydrogens is 560 g/mol. The summed E-state index contributed by atoms with van der Waals surface area (Å²) in [5.74, 6) is -5.22. The number of amides is 1. The van der Waals surface area contributed by atoms with Gasteiger partial charge in [0.2, 0.25) is 5.75 Å². The van der Waals surface area contributed by atoms with Gasteiger partial charge in [-0.1, -0.05) is 58.0 Å². The Kier molecular flexibility index (Phi) is 9.37. The summed E-state index contributed by atoms with van der Waals surface area (Å²) in [5.41, 5.74) is -0.774. The fourth-order valence-corrected chi connectivity index (χ4v) is 5.00. The highest BCUT2D eigenvalue weighted by atomic mass is 16.6. The number of pyridine rings is 1. The van der Waals surface area contributed by atoms with E-state index in [-0.39, 0.29) is 23.1 Å². The molecule has 0 unspecified atom stereocenters. The summed E-state index contributed by atoms with van der Waals surface area (Å²) >= 11 is 0. The van der Waals surface area contributed by atoms with Crippen molar-refractivity contribution >= 4 is 29.8 Å². The van der Waals surface area contributed by atoms with Gasteiger partial charge in [-0.3, -0.25) is 19.2 Å². The Labute approximate surface area is 249 Å². The lowest BCUT2D eigenvalue weighted by molar-refractivity contribution is -0.179. The van der Waals surface area contributed by atoms with Gasteiger partial charge in [0.1, 0.15) is 18.1 Å². The molecule has 43 heavy (non-hydrogen) atoms. The van der Waals surface area contributed by atoms with E-state index < -0.39 is 71.9 Å². The summed E-state index contributed by atoms with van der Waals surface area (Å²) in [6.07, 6.45) is -0.617. The summed E-state index contributed by atoms with van der Waals surface area (Å²) in [6.45, 7) is 7.53. The van der Waals surface area contributed by atoms with E-state index in [1.807, 2.05) is 30.3 Å². The van der Waals surface area contributed by atoms with Gasteiger partial charge in [0.05, 0.1) is 18.9 Å². The van der Waals surface area contributed by atoms with Gasteiger partial charge >= 0.3 is 23.9 Å². The van der Waals surface area contributed by atoms with E-state index in [1.165, 1.54) is 26.3 Å². The van der Waals surface area contributed by atoms with Crippen molar-refractivity contribution < 1.29 is 47.7 Å². The summed E-state index contributed by atoms with van der Waals surface area (Å²) < 4.78 is 27.8. The van der Waals surface area contributed by atoms with Crippen LogP contribution in [0.2, 0.25) is 0 Å². The number of cyclic esters (lactones) is 2. The summed E-state index contributed by atoms with van der Waals surface area (Å²) in [4.78, 5) is 69.5. The van der Waals surface area contributed by atoms with E-state index >= 15 is 0 Å². The Morgan fingerprint density at radius 1 is 1.02 bits per heavy atom. The number of hydrogen-bond donors (Lipinski definition) is 1. The first kappa shape index (κ1) is 31.5. The molecular formula is C31H36N2O10. The number of ether oxygens (including phenoxy) is 5. The van der Waals surface area contributed by atoms with Crippen molar-refractivity contribution in [2.75, 3.05) is 13.7 Å². The standard InChI is InChI=1S/C31H36N2O10/c1-16(2)27(35)42-24-22(39-6)12-13-32-23(24)26(34)33-21-15-40-30(38)31(14-20(31)19-10-8-7-9-11-19)25(18(5)41-29(21)37)43-28(36)17(3)4/h7-13,16-18,20-21,25H,14-15H2,1-6H3,(H,33,34)/t18-,20-,21-,25-,31+/m0/s1. The van der Waals surface area contributed by atoms with Crippen molar-refractivity contribution in [3.05, 3.63) is 53.9 Å². The molecule has 2 aliphatic rings. The maximum atomic E-state index is 13.7. The second-order valence-electron chi connectivity index (χ2n) is 11.3. The molecule has 1 aliphatic heterocycles. The predicted molar refractivity (Wildman–Crippen MR) is 150 cm³/mol. The lowest BCUT2D eigenvalue weighted by atomic mass is 9.89. The average Bonchev–Trinajstić information content (AvgIpc) is 3.73. The van der Waals surface area contributed by atoms with Crippen LogP contribution < -0.4 is 14.8 Å². The molecule has 12 heteroatoms. The van der Waals surface area contributed by atoms with E-state index in [0.29, 0.717) is 6.42 Å². The van der Waals surface area contributed by atoms with Crippen molar-refractivity contribution in [2.24, 2.45) is 17.3 Å². The molecule has 1 N–H and O–H groups in total. The molecule has 1 spiro atoms. The highest BCUT2D eigenvalue weighted by molar-refractivity contribution is 5.99. The van der Waals surface area contributed by atoms with Gasteiger partial charge in [-0.2, -0.15) is 0 Å². The normalized spacial score (nSPS) is 25.1. The second kappa shape index (κ2) is 12.8. The zero-order valence-corrected chi connectivity index (χ0v) is 24.9. The zero-order valence-electron chi connectivity index (χ0n) is 24.9. The molecule has 2 fully saturated rings. The van der Waals surface area contributed by atoms with Crippen molar-refractivity contribution in [3.63, 3.8) is 0 Å². The quantitative estimate of drug-likeness (QED) is 0.353. The zero-order chi connectivity index (χ0) is 31.5. The number of nitrogens with one attached hydrogen (secondary N) is 1. The maximum Gasteiger partial charge on any atom is 0.332 e. The molecule has 1 aromatic heterocycles. The molecule has 4 rings (SSSR count). The molecule has 2 aromatic rings. The van der Waals surface area contributed by atoms with Crippen LogP contribution in [0.1, 0.15) is 63.0 Å². The van der Waals surface area contributed by atoms with Crippen LogP contribution in [-0.4, -0.2) is 66.7 Å². The van der Waals surface area contributed by atoms with Crippen molar-refractivity contribution in [1.82, 2.24) is 10.3 Å².